The van der Waals surface area contributed by atoms with Crippen LogP contribution in [0.1, 0.15) is 47.1 Å². The predicted molar refractivity (Wildman–Crippen MR) is 131 cm³/mol. The van der Waals surface area contributed by atoms with Crippen molar-refractivity contribution in [2.45, 2.75) is 60.1 Å². The molecule has 9 heteroatoms. The fraction of sp³-hybridized carbons (Fsp3) is 0.462. The van der Waals surface area contributed by atoms with Gasteiger partial charge in [0.05, 0.1) is 11.3 Å². The minimum atomic E-state index is -1.66. The lowest BCUT2D eigenvalue weighted by Gasteiger charge is -2.32. The van der Waals surface area contributed by atoms with Crippen molar-refractivity contribution in [1.82, 2.24) is 10.8 Å². The highest BCUT2D eigenvalue weighted by Crippen LogP contribution is 2.25. The second-order valence-corrected chi connectivity index (χ2v) is 10.8. The lowest BCUT2D eigenvalue weighted by atomic mass is 9.85. The summed E-state index contributed by atoms with van der Waals surface area (Å²) in [6, 6.07) is 12.1. The number of rotatable bonds is 8. The third-order valence-corrected chi connectivity index (χ3v) is 5.62. The van der Waals surface area contributed by atoms with Crippen LogP contribution in [-0.4, -0.2) is 41.0 Å². The second kappa shape index (κ2) is 10.9. The fourth-order valence-corrected chi connectivity index (χ4v) is 3.59. The lowest BCUT2D eigenvalue weighted by Crippen LogP contribution is -2.56. The van der Waals surface area contributed by atoms with Crippen molar-refractivity contribution in [3.8, 4) is 0 Å². The Labute approximate surface area is 205 Å². The molecule has 0 radical (unpaired) electrons. The summed E-state index contributed by atoms with van der Waals surface area (Å²) in [6.07, 6.45) is -1.67. The van der Waals surface area contributed by atoms with Crippen molar-refractivity contribution < 1.29 is 29.1 Å². The van der Waals surface area contributed by atoms with E-state index in [1.165, 1.54) is 5.48 Å². The van der Waals surface area contributed by atoms with E-state index in [0.29, 0.717) is 5.56 Å². The normalized spacial score (nSPS) is 14.5. The van der Waals surface area contributed by atoms with E-state index in [2.05, 4.69) is 5.32 Å². The average Bonchev–Trinajstić information content (AvgIpc) is 2.77. The maximum atomic E-state index is 13.5. The number of nitrogens with one attached hydrogen (secondary N) is 2. The van der Waals surface area contributed by atoms with E-state index in [0.717, 1.165) is 10.8 Å². The second-order valence-electron chi connectivity index (χ2n) is 10.8. The molecular weight excluding hydrogens is 450 g/mol. The quantitative estimate of drug-likeness (QED) is 0.256. The van der Waals surface area contributed by atoms with Gasteiger partial charge in [-0.3, -0.25) is 24.4 Å². The number of nitrogens with two attached hydrogens (primary N) is 1. The monoisotopic (exact) mass is 485 g/mol. The Morgan fingerprint density at radius 3 is 2.06 bits per heavy atom. The van der Waals surface area contributed by atoms with Crippen molar-refractivity contribution in [3.63, 3.8) is 0 Å². The van der Waals surface area contributed by atoms with E-state index < -0.39 is 52.6 Å². The van der Waals surface area contributed by atoms with Crippen LogP contribution in [-0.2, 0) is 30.3 Å². The summed E-state index contributed by atoms with van der Waals surface area (Å²) in [5.74, 6) is -4.52. The highest BCUT2D eigenvalue weighted by atomic mass is 16.6. The van der Waals surface area contributed by atoms with Crippen LogP contribution < -0.4 is 16.5 Å². The van der Waals surface area contributed by atoms with Gasteiger partial charge < -0.3 is 15.8 Å². The summed E-state index contributed by atoms with van der Waals surface area (Å²) in [4.78, 5) is 50.9. The molecule has 9 nitrogen and oxygen atoms in total. The number of primary amides is 1. The van der Waals surface area contributed by atoms with E-state index in [1.807, 2.05) is 36.4 Å². The number of benzene rings is 2. The Balaban J connectivity index is 2.52. The molecular formula is C26H35N3O6. The summed E-state index contributed by atoms with van der Waals surface area (Å²) in [7, 11) is 0. The molecule has 35 heavy (non-hydrogen) atoms. The smallest absolute Gasteiger partial charge is 0.312 e. The topological polar surface area (TPSA) is 148 Å². The van der Waals surface area contributed by atoms with Gasteiger partial charge in [0.25, 0.3) is 5.91 Å². The van der Waals surface area contributed by atoms with Crippen LogP contribution in [0.25, 0.3) is 10.8 Å². The van der Waals surface area contributed by atoms with E-state index in [1.54, 1.807) is 47.6 Å². The van der Waals surface area contributed by atoms with Gasteiger partial charge in [-0.25, -0.2) is 5.48 Å². The van der Waals surface area contributed by atoms with Gasteiger partial charge in [0, 0.05) is 0 Å². The number of fused-ring (bicyclic) bond motifs is 1. The molecule has 2 aromatic rings. The Hall–Kier alpha value is -3.46. The minimum Gasteiger partial charge on any atom is -0.451 e. The summed E-state index contributed by atoms with van der Waals surface area (Å²) in [5, 5.41) is 13.9. The number of ether oxygens (including phenoxy) is 1. The molecule has 0 saturated heterocycles. The summed E-state index contributed by atoms with van der Waals surface area (Å²) < 4.78 is 5.45. The summed E-state index contributed by atoms with van der Waals surface area (Å²) in [5.41, 5.74) is 6.02. The zero-order valence-corrected chi connectivity index (χ0v) is 21.0. The summed E-state index contributed by atoms with van der Waals surface area (Å²) >= 11 is 0. The molecule has 0 spiro atoms. The third-order valence-electron chi connectivity index (χ3n) is 5.62. The molecule has 0 aliphatic rings. The highest BCUT2D eigenvalue weighted by Gasteiger charge is 2.41. The molecule has 3 atom stereocenters. The fourth-order valence-electron chi connectivity index (χ4n) is 3.59. The Morgan fingerprint density at radius 1 is 0.943 bits per heavy atom. The molecule has 190 valence electrons. The Morgan fingerprint density at radius 2 is 1.54 bits per heavy atom. The zero-order valence-electron chi connectivity index (χ0n) is 21.0. The first-order chi connectivity index (χ1) is 16.1. The van der Waals surface area contributed by atoms with Crippen molar-refractivity contribution >= 4 is 34.5 Å². The molecule has 0 aromatic heterocycles. The van der Waals surface area contributed by atoms with E-state index in [-0.39, 0.29) is 6.42 Å². The van der Waals surface area contributed by atoms with E-state index in [4.69, 9.17) is 10.5 Å². The Bertz CT molecular complexity index is 1100. The molecule has 3 amide bonds. The Kier molecular flexibility index (Phi) is 8.62. The van der Waals surface area contributed by atoms with E-state index >= 15 is 0 Å². The molecule has 0 bridgehead atoms. The van der Waals surface area contributed by atoms with Gasteiger partial charge in [0.1, 0.15) is 6.04 Å². The number of carbonyl (C=O) groups is 4. The molecule has 5 N–H and O–H groups in total. The molecule has 0 fully saturated rings. The van der Waals surface area contributed by atoms with Crippen molar-refractivity contribution in [3.05, 3.63) is 48.0 Å². The molecule has 0 heterocycles. The number of carbonyl (C=O) groups excluding carboxylic acids is 4. The number of hydroxylamine groups is 1. The highest BCUT2D eigenvalue weighted by molar-refractivity contribution is 5.94. The number of esters is 1. The van der Waals surface area contributed by atoms with Gasteiger partial charge in [0.2, 0.25) is 11.8 Å². The number of hydrogen-bond donors (Lipinski definition) is 4. The standard InChI is InChI=1S/C26H35N3O6/c1-25(2,3)20(21(27)30)28-22(31)18(19(23(32)29-34)35-24(33)26(4,5)6)14-15-11-12-16-9-7-8-10-17(16)13-15/h7-13,18-20,34H,14H2,1-6H3,(H2,27,30)(H,28,31)(H,29,32)/t18-,19+,20-/m1/s1. The van der Waals surface area contributed by atoms with Crippen LogP contribution in [0.15, 0.2) is 42.5 Å². The molecule has 0 saturated carbocycles. The van der Waals surface area contributed by atoms with Gasteiger partial charge in [-0.05, 0) is 48.9 Å². The lowest BCUT2D eigenvalue weighted by molar-refractivity contribution is -0.171. The van der Waals surface area contributed by atoms with Gasteiger partial charge in [-0.15, -0.1) is 0 Å². The first-order valence-electron chi connectivity index (χ1n) is 11.4. The maximum absolute atomic E-state index is 13.5. The minimum absolute atomic E-state index is 0.0121. The van der Waals surface area contributed by atoms with Gasteiger partial charge in [-0.2, -0.15) is 0 Å². The number of amides is 3. The molecule has 2 rings (SSSR count). The molecule has 0 unspecified atom stereocenters. The predicted octanol–water partition coefficient (Wildman–Crippen LogP) is 2.48. The average molecular weight is 486 g/mol. The summed E-state index contributed by atoms with van der Waals surface area (Å²) in [6.45, 7) is 10.0. The van der Waals surface area contributed by atoms with Crippen LogP contribution in [0, 0.1) is 16.7 Å². The van der Waals surface area contributed by atoms with Gasteiger partial charge in [-0.1, -0.05) is 63.2 Å². The first-order valence-corrected chi connectivity index (χ1v) is 11.4. The van der Waals surface area contributed by atoms with Crippen LogP contribution in [0.5, 0.6) is 0 Å². The molecule has 2 aromatic carbocycles. The van der Waals surface area contributed by atoms with Crippen LogP contribution in [0.3, 0.4) is 0 Å². The zero-order chi connectivity index (χ0) is 26.6. The van der Waals surface area contributed by atoms with Gasteiger partial charge >= 0.3 is 5.97 Å². The van der Waals surface area contributed by atoms with Crippen molar-refractivity contribution in [2.75, 3.05) is 0 Å². The van der Waals surface area contributed by atoms with Crippen LogP contribution in [0.2, 0.25) is 0 Å². The van der Waals surface area contributed by atoms with Crippen molar-refractivity contribution in [1.29, 1.82) is 0 Å². The maximum Gasteiger partial charge on any atom is 0.312 e. The molecule has 0 aliphatic heterocycles. The van der Waals surface area contributed by atoms with Crippen LogP contribution >= 0.6 is 0 Å². The van der Waals surface area contributed by atoms with Crippen molar-refractivity contribution in [2.24, 2.45) is 22.5 Å². The first kappa shape index (κ1) is 27.8. The van der Waals surface area contributed by atoms with Crippen LogP contribution in [0.4, 0.5) is 0 Å². The molecule has 0 aliphatic carbocycles. The number of hydrogen-bond acceptors (Lipinski definition) is 6. The van der Waals surface area contributed by atoms with Gasteiger partial charge in [0.15, 0.2) is 6.10 Å². The van der Waals surface area contributed by atoms with E-state index in [9.17, 15) is 24.4 Å². The SMILES string of the molecule is CC(C)(C)C(=O)O[C@H](C(=O)NO)[C@@H](Cc1ccc2ccccc2c1)C(=O)N[C@H](C(N)=O)C(C)(C)C. The third kappa shape index (κ3) is 7.26. The largest absolute Gasteiger partial charge is 0.451 e.